The fraction of sp³-hybridized carbons (Fsp3) is 0.320. The van der Waals surface area contributed by atoms with Crippen LogP contribution in [-0.2, 0) is 28.9 Å². The van der Waals surface area contributed by atoms with Gasteiger partial charge in [-0.05, 0) is 24.6 Å². The molecule has 8 heteroatoms. The second-order valence-electron chi connectivity index (χ2n) is 7.25. The van der Waals surface area contributed by atoms with Crippen LogP contribution in [0.2, 0.25) is 0 Å². The summed E-state index contributed by atoms with van der Waals surface area (Å²) in [6.45, 7) is 4.79. The fourth-order valence-corrected chi connectivity index (χ4v) is 3.43. The van der Waals surface area contributed by atoms with Gasteiger partial charge < -0.3 is 14.6 Å². The Labute approximate surface area is 215 Å². The average molecular weight is 461 g/mol. The molecule has 1 heterocycles. The third-order valence-corrected chi connectivity index (χ3v) is 5.04. The van der Waals surface area contributed by atoms with Crippen LogP contribution in [0.5, 0.6) is 5.75 Å². The quantitative estimate of drug-likeness (QED) is 0.443. The molecule has 0 radical (unpaired) electrons. The number of ether oxygens (including phenoxy) is 2. The molecule has 1 unspecified atom stereocenters. The number of carboxylic acids is 1. The van der Waals surface area contributed by atoms with Gasteiger partial charge in [0.05, 0.1) is 12.2 Å². The Balaban J connectivity index is 0.00000385. The molecular formula is C25H29N2NaO5. The molecule has 0 aliphatic carbocycles. The van der Waals surface area contributed by atoms with Crippen LogP contribution in [0.15, 0.2) is 65.5 Å². The van der Waals surface area contributed by atoms with Crippen molar-refractivity contribution >= 4 is 35.5 Å². The molecule has 0 spiro atoms. The molecule has 1 N–H and O–H groups in total. The number of hydrogen-bond donors (Lipinski definition) is 1. The summed E-state index contributed by atoms with van der Waals surface area (Å²) in [5.41, 5.74) is 2.33. The molecule has 0 fully saturated rings. The van der Waals surface area contributed by atoms with Crippen molar-refractivity contribution in [3.05, 3.63) is 82.4 Å². The predicted octanol–water partition coefficient (Wildman–Crippen LogP) is 2.94. The number of aliphatic carboxylic acids is 1. The monoisotopic (exact) mass is 460 g/mol. The molecule has 3 aromatic rings. The van der Waals surface area contributed by atoms with Gasteiger partial charge >= 0.3 is 35.5 Å². The van der Waals surface area contributed by atoms with Crippen LogP contribution in [-0.4, -0.2) is 69.5 Å². The number of rotatable bonds is 11. The first-order chi connectivity index (χ1) is 15.5. The number of aryl methyl sites for hydroxylation is 1. The molecule has 7 nitrogen and oxygen atoms in total. The van der Waals surface area contributed by atoms with Crippen LogP contribution < -0.4 is 10.3 Å². The summed E-state index contributed by atoms with van der Waals surface area (Å²) in [5, 5.41) is 9.21. The minimum atomic E-state index is -0.976. The van der Waals surface area contributed by atoms with Gasteiger partial charge in [-0.25, -0.2) is 9.78 Å². The Morgan fingerprint density at radius 1 is 1.09 bits per heavy atom. The van der Waals surface area contributed by atoms with Crippen molar-refractivity contribution in [1.82, 2.24) is 9.55 Å². The Morgan fingerprint density at radius 3 is 2.39 bits per heavy atom. The number of carbonyl (C=O) groups is 1. The number of carboxylic acid groups (broad SMARTS) is 1. The third-order valence-electron chi connectivity index (χ3n) is 5.04. The standard InChI is InChI=1S/C25H28N2O5.Na.H/c1-3-23-26-21(19-8-6-5-7-9-19)17-24(28)27(23)14-15-32-20-12-10-18(11-13-20)16-22(25(29)30)31-4-2;;/h5-13,17,22H,3-4,14-16H2,1-2H3,(H,29,30);;. The van der Waals surface area contributed by atoms with E-state index in [1.165, 1.54) is 0 Å². The molecule has 2 aromatic carbocycles. The molecule has 0 saturated heterocycles. The molecule has 0 aliphatic rings. The summed E-state index contributed by atoms with van der Waals surface area (Å²) in [7, 11) is 0. The molecule has 1 aromatic heterocycles. The van der Waals surface area contributed by atoms with Gasteiger partial charge in [-0.3, -0.25) is 9.36 Å². The van der Waals surface area contributed by atoms with Gasteiger partial charge in [0, 0.05) is 31.1 Å². The van der Waals surface area contributed by atoms with Crippen molar-refractivity contribution in [1.29, 1.82) is 0 Å². The molecule has 33 heavy (non-hydrogen) atoms. The molecule has 170 valence electrons. The molecule has 1 atom stereocenters. The van der Waals surface area contributed by atoms with E-state index in [1.807, 2.05) is 49.4 Å². The summed E-state index contributed by atoms with van der Waals surface area (Å²) in [5.74, 6) is 0.388. The van der Waals surface area contributed by atoms with E-state index in [0.29, 0.717) is 43.4 Å². The zero-order valence-electron chi connectivity index (χ0n) is 18.4. The Morgan fingerprint density at radius 2 is 1.79 bits per heavy atom. The van der Waals surface area contributed by atoms with Crippen LogP contribution in [0.25, 0.3) is 11.3 Å². The van der Waals surface area contributed by atoms with E-state index in [9.17, 15) is 14.7 Å². The van der Waals surface area contributed by atoms with Crippen LogP contribution in [0.3, 0.4) is 0 Å². The Kier molecular flexibility index (Phi) is 10.8. The van der Waals surface area contributed by atoms with Crippen molar-refractivity contribution in [2.75, 3.05) is 13.2 Å². The van der Waals surface area contributed by atoms with Crippen LogP contribution in [0.1, 0.15) is 25.2 Å². The molecule has 0 saturated carbocycles. The summed E-state index contributed by atoms with van der Waals surface area (Å²) in [6.07, 6.45) is 0.0605. The van der Waals surface area contributed by atoms with Crippen molar-refractivity contribution in [3.8, 4) is 17.0 Å². The number of benzene rings is 2. The van der Waals surface area contributed by atoms with Crippen molar-refractivity contribution in [3.63, 3.8) is 0 Å². The van der Waals surface area contributed by atoms with Crippen molar-refractivity contribution in [2.24, 2.45) is 0 Å². The predicted molar refractivity (Wildman–Crippen MR) is 129 cm³/mol. The number of aromatic nitrogens is 2. The zero-order chi connectivity index (χ0) is 22.9. The summed E-state index contributed by atoms with van der Waals surface area (Å²) in [6, 6.07) is 18.4. The topological polar surface area (TPSA) is 90.7 Å². The van der Waals surface area contributed by atoms with Gasteiger partial charge in [-0.1, -0.05) is 49.4 Å². The first-order valence-corrected chi connectivity index (χ1v) is 10.7. The van der Waals surface area contributed by atoms with E-state index < -0.39 is 12.1 Å². The first-order valence-electron chi connectivity index (χ1n) is 10.7. The summed E-state index contributed by atoms with van der Waals surface area (Å²) < 4.78 is 12.7. The van der Waals surface area contributed by atoms with E-state index in [4.69, 9.17) is 9.47 Å². The normalized spacial score (nSPS) is 11.5. The van der Waals surface area contributed by atoms with Crippen molar-refractivity contribution in [2.45, 2.75) is 39.3 Å². The van der Waals surface area contributed by atoms with Gasteiger partial charge in [-0.15, -0.1) is 0 Å². The summed E-state index contributed by atoms with van der Waals surface area (Å²) in [4.78, 5) is 28.6. The zero-order valence-corrected chi connectivity index (χ0v) is 18.4. The van der Waals surface area contributed by atoms with Gasteiger partial charge in [-0.2, -0.15) is 0 Å². The average Bonchev–Trinajstić information content (AvgIpc) is 2.81. The van der Waals surface area contributed by atoms with Gasteiger partial charge in [0.15, 0.2) is 6.10 Å². The van der Waals surface area contributed by atoms with Crippen LogP contribution in [0.4, 0.5) is 0 Å². The van der Waals surface area contributed by atoms with E-state index in [0.717, 1.165) is 11.1 Å². The molecule has 3 rings (SSSR count). The van der Waals surface area contributed by atoms with Crippen LogP contribution >= 0.6 is 0 Å². The van der Waals surface area contributed by atoms with Gasteiger partial charge in [0.2, 0.25) is 0 Å². The summed E-state index contributed by atoms with van der Waals surface area (Å²) >= 11 is 0. The SMILES string of the molecule is CCOC(Cc1ccc(OCCn2c(CC)nc(-c3ccccc3)cc2=O)cc1)C(=O)O.[NaH]. The second-order valence-corrected chi connectivity index (χ2v) is 7.25. The minimum absolute atomic E-state index is 0. The van der Waals surface area contributed by atoms with Crippen LogP contribution in [0, 0.1) is 0 Å². The second kappa shape index (κ2) is 13.3. The number of nitrogens with zero attached hydrogens (tertiary/aromatic N) is 2. The van der Waals surface area contributed by atoms with E-state index in [-0.39, 0.29) is 41.5 Å². The van der Waals surface area contributed by atoms with E-state index in [1.54, 1.807) is 29.7 Å². The fourth-order valence-electron chi connectivity index (χ4n) is 3.43. The third kappa shape index (κ3) is 7.54. The van der Waals surface area contributed by atoms with Crippen molar-refractivity contribution < 1.29 is 19.4 Å². The van der Waals surface area contributed by atoms with Gasteiger partial charge in [0.1, 0.15) is 18.2 Å². The van der Waals surface area contributed by atoms with E-state index in [2.05, 4.69) is 4.98 Å². The molecular weight excluding hydrogens is 431 g/mol. The van der Waals surface area contributed by atoms with Gasteiger partial charge in [0.25, 0.3) is 5.56 Å². The number of hydrogen-bond acceptors (Lipinski definition) is 5. The molecule has 0 aliphatic heterocycles. The maximum atomic E-state index is 12.7. The maximum absolute atomic E-state index is 12.7. The molecule has 0 bridgehead atoms. The Hall–Kier alpha value is -2.45. The first kappa shape index (κ1) is 26.8. The Bertz CT molecular complexity index is 1080. The molecule has 0 amide bonds. The van der Waals surface area contributed by atoms with E-state index >= 15 is 0 Å².